The number of nitrogens with zero attached hydrogens (tertiary/aromatic N) is 2. The van der Waals surface area contributed by atoms with Crippen LogP contribution in [0.5, 0.6) is 5.75 Å². The molecule has 0 radical (unpaired) electrons. The zero-order chi connectivity index (χ0) is 20.3. The van der Waals surface area contributed by atoms with Crippen molar-refractivity contribution in [2.75, 3.05) is 5.32 Å². The topological polar surface area (TPSA) is 64.1 Å². The molecule has 2 aromatic heterocycles. The molecule has 5 nitrogen and oxygen atoms in total. The molecule has 1 atom stereocenters. The molecule has 2 heterocycles. The highest BCUT2D eigenvalue weighted by molar-refractivity contribution is 7.13. The Morgan fingerprint density at radius 3 is 2.54 bits per heavy atom. The van der Waals surface area contributed by atoms with Crippen LogP contribution in [0.2, 0.25) is 5.15 Å². The number of amides is 1. The van der Waals surface area contributed by atoms with Crippen LogP contribution < -0.4 is 10.1 Å². The molecule has 0 bridgehead atoms. The fourth-order valence-corrected chi connectivity index (χ4v) is 3.62. The summed E-state index contributed by atoms with van der Waals surface area (Å²) in [7, 11) is 0. The molecule has 0 aliphatic heterocycles. The average Bonchev–Trinajstić information content (AvgIpc) is 3.15. The minimum Gasteiger partial charge on any atom is -0.481 e. The Hall–Kier alpha value is -2.44. The molecule has 0 aliphatic rings. The van der Waals surface area contributed by atoms with E-state index in [-0.39, 0.29) is 16.5 Å². The van der Waals surface area contributed by atoms with Gasteiger partial charge in [-0.3, -0.25) is 4.79 Å². The van der Waals surface area contributed by atoms with Crippen LogP contribution in [0, 0.1) is 0 Å². The quantitative estimate of drug-likeness (QED) is 0.554. The molecule has 146 valence electrons. The van der Waals surface area contributed by atoms with Crippen molar-refractivity contribution in [3.63, 3.8) is 0 Å². The highest BCUT2D eigenvalue weighted by Gasteiger charge is 2.19. The SMILES string of the molecule is C[C@@H](Oc1ccc(-c2nc(C(C)(C)C)cs2)cc1)C(=O)Nc1cccnc1Cl. The van der Waals surface area contributed by atoms with Gasteiger partial charge in [0, 0.05) is 22.6 Å². The van der Waals surface area contributed by atoms with Gasteiger partial charge in [-0.1, -0.05) is 32.4 Å². The number of hydrogen-bond donors (Lipinski definition) is 1. The van der Waals surface area contributed by atoms with E-state index >= 15 is 0 Å². The molecule has 3 rings (SSSR count). The number of benzene rings is 1. The van der Waals surface area contributed by atoms with Crippen molar-refractivity contribution in [2.24, 2.45) is 0 Å². The lowest BCUT2D eigenvalue weighted by molar-refractivity contribution is -0.122. The van der Waals surface area contributed by atoms with E-state index in [2.05, 4.69) is 36.5 Å². The minimum absolute atomic E-state index is 0.0256. The summed E-state index contributed by atoms with van der Waals surface area (Å²) in [4.78, 5) is 21.0. The summed E-state index contributed by atoms with van der Waals surface area (Å²) in [6.45, 7) is 8.12. The van der Waals surface area contributed by atoms with Crippen molar-refractivity contribution in [1.29, 1.82) is 0 Å². The van der Waals surface area contributed by atoms with Crippen molar-refractivity contribution in [3.8, 4) is 16.3 Å². The molecular formula is C21H22ClN3O2S. The number of halogens is 1. The van der Waals surface area contributed by atoms with Crippen LogP contribution in [0.4, 0.5) is 5.69 Å². The van der Waals surface area contributed by atoms with Gasteiger partial charge in [0.25, 0.3) is 5.91 Å². The second-order valence-electron chi connectivity index (χ2n) is 7.40. The first kappa shape index (κ1) is 20.3. The number of ether oxygens (including phenoxy) is 1. The summed E-state index contributed by atoms with van der Waals surface area (Å²) in [6.07, 6.45) is 0.876. The first-order chi connectivity index (χ1) is 13.2. The Morgan fingerprint density at radius 1 is 1.21 bits per heavy atom. The monoisotopic (exact) mass is 415 g/mol. The molecule has 1 amide bonds. The number of rotatable bonds is 5. The molecule has 0 saturated carbocycles. The fraction of sp³-hybridized carbons (Fsp3) is 0.286. The maximum Gasteiger partial charge on any atom is 0.265 e. The number of anilines is 1. The summed E-state index contributed by atoms with van der Waals surface area (Å²) in [6, 6.07) is 11.0. The first-order valence-electron chi connectivity index (χ1n) is 8.88. The van der Waals surface area contributed by atoms with Gasteiger partial charge in [-0.2, -0.15) is 0 Å². The number of hydrogen-bond acceptors (Lipinski definition) is 5. The molecular weight excluding hydrogens is 394 g/mol. The Bertz CT molecular complexity index is 964. The Balaban J connectivity index is 1.64. The van der Waals surface area contributed by atoms with Gasteiger partial charge < -0.3 is 10.1 Å². The van der Waals surface area contributed by atoms with Gasteiger partial charge >= 0.3 is 0 Å². The Labute approximate surface area is 173 Å². The lowest BCUT2D eigenvalue weighted by Gasteiger charge is -2.15. The maximum atomic E-state index is 12.3. The summed E-state index contributed by atoms with van der Waals surface area (Å²) in [5.74, 6) is 0.310. The third kappa shape index (κ3) is 4.88. The molecule has 0 saturated heterocycles. The third-order valence-electron chi connectivity index (χ3n) is 4.07. The number of carbonyl (C=O) groups is 1. The minimum atomic E-state index is -0.686. The van der Waals surface area contributed by atoms with Crippen LogP contribution in [0.15, 0.2) is 48.0 Å². The normalized spacial score (nSPS) is 12.5. The van der Waals surface area contributed by atoms with E-state index in [1.54, 1.807) is 36.6 Å². The highest BCUT2D eigenvalue weighted by atomic mass is 35.5. The van der Waals surface area contributed by atoms with Crippen LogP contribution >= 0.6 is 22.9 Å². The van der Waals surface area contributed by atoms with Crippen LogP contribution in [0.1, 0.15) is 33.4 Å². The van der Waals surface area contributed by atoms with Crippen molar-refractivity contribution in [2.45, 2.75) is 39.2 Å². The predicted molar refractivity (Wildman–Crippen MR) is 114 cm³/mol. The fourth-order valence-electron chi connectivity index (χ4n) is 2.40. The number of nitrogens with one attached hydrogen (secondary N) is 1. The number of carbonyl (C=O) groups excluding carboxylic acids is 1. The van der Waals surface area contributed by atoms with E-state index in [1.165, 1.54) is 0 Å². The molecule has 1 N–H and O–H groups in total. The lowest BCUT2D eigenvalue weighted by Crippen LogP contribution is -2.30. The van der Waals surface area contributed by atoms with E-state index in [1.807, 2.05) is 24.3 Å². The largest absolute Gasteiger partial charge is 0.481 e. The van der Waals surface area contributed by atoms with E-state index < -0.39 is 6.10 Å². The maximum absolute atomic E-state index is 12.3. The van der Waals surface area contributed by atoms with Gasteiger partial charge in [0.2, 0.25) is 0 Å². The number of thiazole rings is 1. The first-order valence-corrected chi connectivity index (χ1v) is 10.1. The number of aromatic nitrogens is 2. The zero-order valence-electron chi connectivity index (χ0n) is 16.2. The van der Waals surface area contributed by atoms with Crippen LogP contribution in [0.25, 0.3) is 10.6 Å². The summed E-state index contributed by atoms with van der Waals surface area (Å²) >= 11 is 7.59. The van der Waals surface area contributed by atoms with Gasteiger partial charge in [0.05, 0.1) is 11.4 Å². The second kappa shape index (κ2) is 8.29. The van der Waals surface area contributed by atoms with Crippen LogP contribution in [-0.2, 0) is 10.2 Å². The standard InChI is InChI=1S/C21H22ClN3O2S/c1-13(19(26)24-16-6-5-11-23-18(16)22)27-15-9-7-14(8-10-15)20-25-17(12-28-20)21(2,3)4/h5-13H,1-4H3,(H,24,26)/t13-/m1/s1. The summed E-state index contributed by atoms with van der Waals surface area (Å²) < 4.78 is 5.75. The van der Waals surface area contributed by atoms with Crippen molar-refractivity contribution in [3.05, 3.63) is 58.8 Å². The second-order valence-corrected chi connectivity index (χ2v) is 8.62. The van der Waals surface area contributed by atoms with E-state index in [4.69, 9.17) is 21.3 Å². The summed E-state index contributed by atoms with van der Waals surface area (Å²) in [5.41, 5.74) is 2.58. The van der Waals surface area contributed by atoms with Crippen molar-refractivity contribution in [1.82, 2.24) is 9.97 Å². The van der Waals surface area contributed by atoms with Gasteiger partial charge in [-0.15, -0.1) is 11.3 Å². The van der Waals surface area contributed by atoms with E-state index in [0.29, 0.717) is 11.4 Å². The van der Waals surface area contributed by atoms with Crippen molar-refractivity contribution >= 4 is 34.5 Å². The highest BCUT2D eigenvalue weighted by Crippen LogP contribution is 2.30. The molecule has 0 aliphatic carbocycles. The van der Waals surface area contributed by atoms with Crippen molar-refractivity contribution < 1.29 is 9.53 Å². The Kier molecular flexibility index (Phi) is 6.01. The van der Waals surface area contributed by atoms with Crippen LogP contribution in [-0.4, -0.2) is 22.0 Å². The molecule has 0 spiro atoms. The summed E-state index contributed by atoms with van der Waals surface area (Å²) in [5, 5.41) is 6.02. The van der Waals surface area contributed by atoms with Gasteiger partial charge in [0.15, 0.2) is 11.3 Å². The molecule has 1 aromatic carbocycles. The Morgan fingerprint density at radius 2 is 1.93 bits per heavy atom. The molecule has 7 heteroatoms. The molecule has 28 heavy (non-hydrogen) atoms. The van der Waals surface area contributed by atoms with Gasteiger partial charge in [0.1, 0.15) is 10.8 Å². The van der Waals surface area contributed by atoms with Gasteiger partial charge in [-0.25, -0.2) is 9.97 Å². The molecule has 3 aromatic rings. The average molecular weight is 416 g/mol. The predicted octanol–water partition coefficient (Wildman–Crippen LogP) is 5.56. The zero-order valence-corrected chi connectivity index (χ0v) is 17.8. The van der Waals surface area contributed by atoms with E-state index in [9.17, 15) is 4.79 Å². The smallest absolute Gasteiger partial charge is 0.265 e. The molecule has 0 fully saturated rings. The third-order valence-corrected chi connectivity index (χ3v) is 5.27. The number of pyridine rings is 1. The van der Waals surface area contributed by atoms with E-state index in [0.717, 1.165) is 16.3 Å². The lowest BCUT2D eigenvalue weighted by atomic mass is 9.93. The molecule has 0 unspecified atom stereocenters. The van der Waals surface area contributed by atoms with Crippen LogP contribution in [0.3, 0.4) is 0 Å². The van der Waals surface area contributed by atoms with Gasteiger partial charge in [-0.05, 0) is 43.3 Å².